The normalized spacial score (nSPS) is 20.0. The standard InChI is InChI=1S/C12H13NO3S/c14-11(4-3-10-2-1-7-17-10)13-6-5-9(8-13)12(15)16/h1-4,7,9H,5-6,8H2,(H,15,16). The molecule has 90 valence electrons. The lowest BCUT2D eigenvalue weighted by atomic mass is 10.1. The number of amides is 1. The smallest absolute Gasteiger partial charge is 0.308 e. The summed E-state index contributed by atoms with van der Waals surface area (Å²) in [5, 5.41) is 10.8. The van der Waals surface area contributed by atoms with Gasteiger partial charge >= 0.3 is 5.97 Å². The van der Waals surface area contributed by atoms with Crippen LogP contribution in [0.2, 0.25) is 0 Å². The van der Waals surface area contributed by atoms with Gasteiger partial charge in [0, 0.05) is 24.0 Å². The van der Waals surface area contributed by atoms with Crippen LogP contribution in [0.15, 0.2) is 23.6 Å². The van der Waals surface area contributed by atoms with Gasteiger partial charge in [0.15, 0.2) is 0 Å². The number of nitrogens with zero attached hydrogens (tertiary/aromatic N) is 1. The number of carbonyl (C=O) groups excluding carboxylic acids is 1. The minimum Gasteiger partial charge on any atom is -0.481 e. The van der Waals surface area contributed by atoms with E-state index in [1.165, 1.54) is 6.08 Å². The molecule has 1 amide bonds. The molecule has 0 radical (unpaired) electrons. The van der Waals surface area contributed by atoms with Gasteiger partial charge < -0.3 is 10.0 Å². The van der Waals surface area contributed by atoms with E-state index >= 15 is 0 Å². The second-order valence-electron chi connectivity index (χ2n) is 3.96. The van der Waals surface area contributed by atoms with Crippen LogP contribution in [0.4, 0.5) is 0 Å². The maximum atomic E-state index is 11.8. The van der Waals surface area contributed by atoms with Crippen LogP contribution >= 0.6 is 11.3 Å². The van der Waals surface area contributed by atoms with Crippen molar-refractivity contribution in [2.75, 3.05) is 13.1 Å². The van der Waals surface area contributed by atoms with Gasteiger partial charge in [0.05, 0.1) is 5.92 Å². The SMILES string of the molecule is O=C(O)C1CCN(C(=O)C=Cc2cccs2)C1. The van der Waals surface area contributed by atoms with Gasteiger partial charge in [-0.05, 0) is 23.9 Å². The zero-order valence-corrected chi connectivity index (χ0v) is 10.0. The Balaban J connectivity index is 1.91. The second-order valence-corrected chi connectivity index (χ2v) is 4.94. The average molecular weight is 251 g/mol. The Morgan fingerprint density at radius 2 is 2.35 bits per heavy atom. The van der Waals surface area contributed by atoms with Gasteiger partial charge in [-0.3, -0.25) is 9.59 Å². The van der Waals surface area contributed by atoms with E-state index in [0.29, 0.717) is 19.5 Å². The van der Waals surface area contributed by atoms with Gasteiger partial charge in [0.1, 0.15) is 0 Å². The number of aliphatic carboxylic acids is 1. The predicted octanol–water partition coefficient (Wildman–Crippen LogP) is 1.69. The number of hydrogen-bond donors (Lipinski definition) is 1. The fourth-order valence-electron chi connectivity index (χ4n) is 1.81. The highest BCUT2D eigenvalue weighted by molar-refractivity contribution is 7.10. The average Bonchev–Trinajstić information content (AvgIpc) is 2.96. The van der Waals surface area contributed by atoms with Gasteiger partial charge in [0.2, 0.25) is 5.91 Å². The Labute approximate surface area is 103 Å². The van der Waals surface area contributed by atoms with Crippen molar-refractivity contribution in [2.24, 2.45) is 5.92 Å². The quantitative estimate of drug-likeness (QED) is 0.832. The first-order valence-electron chi connectivity index (χ1n) is 5.40. The topological polar surface area (TPSA) is 57.6 Å². The molecule has 0 aromatic carbocycles. The highest BCUT2D eigenvalue weighted by Gasteiger charge is 2.29. The van der Waals surface area contributed by atoms with Gasteiger partial charge in [-0.1, -0.05) is 6.07 Å². The second kappa shape index (κ2) is 5.14. The van der Waals surface area contributed by atoms with Crippen molar-refractivity contribution in [2.45, 2.75) is 6.42 Å². The monoisotopic (exact) mass is 251 g/mol. The summed E-state index contributed by atoms with van der Waals surface area (Å²) in [7, 11) is 0. The molecule has 2 rings (SSSR count). The Hall–Kier alpha value is -1.62. The summed E-state index contributed by atoms with van der Waals surface area (Å²) < 4.78 is 0. The molecular formula is C12H13NO3S. The van der Waals surface area contributed by atoms with E-state index in [-0.39, 0.29) is 5.91 Å². The first-order chi connectivity index (χ1) is 8.16. The van der Waals surface area contributed by atoms with Crippen LogP contribution in [0.5, 0.6) is 0 Å². The summed E-state index contributed by atoms with van der Waals surface area (Å²) in [4.78, 5) is 25.1. The lowest BCUT2D eigenvalue weighted by Gasteiger charge is -2.12. The van der Waals surface area contributed by atoms with Gasteiger partial charge in [-0.15, -0.1) is 11.3 Å². The molecule has 1 aliphatic rings. The zero-order valence-electron chi connectivity index (χ0n) is 9.20. The van der Waals surface area contributed by atoms with Crippen molar-refractivity contribution in [3.63, 3.8) is 0 Å². The highest BCUT2D eigenvalue weighted by atomic mass is 32.1. The summed E-state index contributed by atoms with van der Waals surface area (Å²) >= 11 is 1.56. The number of hydrogen-bond acceptors (Lipinski definition) is 3. The number of thiophene rings is 1. The Kier molecular flexibility index (Phi) is 3.58. The van der Waals surface area contributed by atoms with E-state index in [9.17, 15) is 9.59 Å². The molecule has 5 heteroatoms. The van der Waals surface area contributed by atoms with Crippen molar-refractivity contribution >= 4 is 29.3 Å². The molecule has 2 heterocycles. The first kappa shape index (κ1) is 11.9. The van der Waals surface area contributed by atoms with E-state index in [4.69, 9.17) is 5.11 Å². The molecule has 1 saturated heterocycles. The molecule has 1 unspecified atom stereocenters. The number of carboxylic acids is 1. The number of rotatable bonds is 3. The van der Waals surface area contributed by atoms with Crippen LogP contribution in [-0.2, 0) is 9.59 Å². The van der Waals surface area contributed by atoms with Crippen molar-refractivity contribution in [3.05, 3.63) is 28.5 Å². The summed E-state index contributed by atoms with van der Waals surface area (Å²) in [5.74, 6) is -1.33. The molecule has 0 saturated carbocycles. The largest absolute Gasteiger partial charge is 0.481 e. The van der Waals surface area contributed by atoms with Gasteiger partial charge in [-0.25, -0.2) is 0 Å². The van der Waals surface area contributed by atoms with Crippen LogP contribution in [0.3, 0.4) is 0 Å². The maximum absolute atomic E-state index is 11.8. The van der Waals surface area contributed by atoms with E-state index in [1.54, 1.807) is 22.3 Å². The van der Waals surface area contributed by atoms with Crippen LogP contribution in [0.1, 0.15) is 11.3 Å². The van der Waals surface area contributed by atoms with Crippen molar-refractivity contribution < 1.29 is 14.7 Å². The molecule has 1 aromatic heterocycles. The fourth-order valence-corrected chi connectivity index (χ4v) is 2.42. The summed E-state index contributed by atoms with van der Waals surface area (Å²) in [5.41, 5.74) is 0. The number of carboxylic acid groups (broad SMARTS) is 1. The molecule has 1 aromatic rings. The van der Waals surface area contributed by atoms with E-state index in [1.807, 2.05) is 17.5 Å². The molecule has 4 nitrogen and oxygen atoms in total. The molecule has 0 aliphatic carbocycles. The van der Waals surface area contributed by atoms with E-state index < -0.39 is 11.9 Å². The molecule has 1 atom stereocenters. The lowest BCUT2D eigenvalue weighted by molar-refractivity contribution is -0.141. The van der Waals surface area contributed by atoms with Crippen LogP contribution in [0.25, 0.3) is 6.08 Å². The molecule has 1 fully saturated rings. The van der Waals surface area contributed by atoms with Crippen molar-refractivity contribution in [1.29, 1.82) is 0 Å². The van der Waals surface area contributed by atoms with Gasteiger partial charge in [0.25, 0.3) is 0 Å². The van der Waals surface area contributed by atoms with Crippen molar-refractivity contribution in [3.8, 4) is 0 Å². The lowest BCUT2D eigenvalue weighted by Crippen LogP contribution is -2.28. The molecule has 0 bridgehead atoms. The minimum absolute atomic E-state index is 0.109. The molecule has 17 heavy (non-hydrogen) atoms. The summed E-state index contributed by atoms with van der Waals surface area (Å²) in [6.45, 7) is 0.855. The molecular weight excluding hydrogens is 238 g/mol. The highest BCUT2D eigenvalue weighted by Crippen LogP contribution is 2.17. The number of likely N-dealkylation sites (tertiary alicyclic amines) is 1. The Bertz CT molecular complexity index is 439. The number of carbonyl (C=O) groups is 2. The van der Waals surface area contributed by atoms with Crippen molar-refractivity contribution in [1.82, 2.24) is 4.90 Å². The van der Waals surface area contributed by atoms with E-state index in [0.717, 1.165) is 4.88 Å². The zero-order chi connectivity index (χ0) is 12.3. The maximum Gasteiger partial charge on any atom is 0.308 e. The third-order valence-electron chi connectivity index (χ3n) is 2.78. The first-order valence-corrected chi connectivity index (χ1v) is 6.28. The fraction of sp³-hybridized carbons (Fsp3) is 0.333. The summed E-state index contributed by atoms with van der Waals surface area (Å²) in [6, 6.07) is 3.85. The molecule has 1 N–H and O–H groups in total. The predicted molar refractivity (Wildman–Crippen MR) is 65.7 cm³/mol. The minimum atomic E-state index is -0.817. The molecule has 1 aliphatic heterocycles. The van der Waals surface area contributed by atoms with Gasteiger partial charge in [-0.2, -0.15) is 0 Å². The summed E-state index contributed by atoms with van der Waals surface area (Å²) in [6.07, 6.45) is 3.82. The Morgan fingerprint density at radius 1 is 1.53 bits per heavy atom. The third-order valence-corrected chi connectivity index (χ3v) is 3.62. The molecule has 0 spiro atoms. The van der Waals surface area contributed by atoms with Crippen LogP contribution in [-0.4, -0.2) is 35.0 Å². The third kappa shape index (κ3) is 2.94. The van der Waals surface area contributed by atoms with Crippen LogP contribution in [0, 0.1) is 5.92 Å². The van der Waals surface area contributed by atoms with Crippen LogP contribution < -0.4 is 0 Å². The Morgan fingerprint density at radius 3 is 2.94 bits per heavy atom. The van der Waals surface area contributed by atoms with E-state index in [2.05, 4.69) is 0 Å².